The minimum atomic E-state index is 0.375. The van der Waals surface area contributed by atoms with Crippen molar-refractivity contribution < 1.29 is 4.42 Å². The van der Waals surface area contributed by atoms with E-state index in [4.69, 9.17) is 4.42 Å². The largest absolute Gasteiger partial charge is 0.466 e. The van der Waals surface area contributed by atoms with E-state index in [1.54, 1.807) is 0 Å². The van der Waals surface area contributed by atoms with Gasteiger partial charge in [0.25, 0.3) is 0 Å². The second-order valence-corrected chi connectivity index (χ2v) is 5.83. The maximum atomic E-state index is 5.61. The lowest BCUT2D eigenvalue weighted by Crippen LogP contribution is -2.36. The summed E-state index contributed by atoms with van der Waals surface area (Å²) in [6.45, 7) is 13.2. The van der Waals surface area contributed by atoms with E-state index >= 15 is 0 Å². The van der Waals surface area contributed by atoms with Crippen LogP contribution in [0.4, 0.5) is 0 Å². The van der Waals surface area contributed by atoms with Gasteiger partial charge in [0.15, 0.2) is 0 Å². The number of furan rings is 1. The molecule has 2 unspecified atom stereocenters. The number of hydrogen-bond acceptors (Lipinski definition) is 3. The van der Waals surface area contributed by atoms with Crippen molar-refractivity contribution in [1.29, 1.82) is 0 Å². The van der Waals surface area contributed by atoms with Crippen LogP contribution in [-0.4, -0.2) is 30.1 Å². The fraction of sp³-hybridized carbons (Fsp3) is 0.733. The minimum Gasteiger partial charge on any atom is -0.466 e. The van der Waals surface area contributed by atoms with Gasteiger partial charge in [0.05, 0.1) is 0 Å². The van der Waals surface area contributed by atoms with Crippen LogP contribution in [0.15, 0.2) is 10.5 Å². The molecule has 1 fully saturated rings. The van der Waals surface area contributed by atoms with Crippen LogP contribution in [0, 0.1) is 13.8 Å². The highest BCUT2D eigenvalue weighted by Gasteiger charge is 2.26. The summed E-state index contributed by atoms with van der Waals surface area (Å²) in [5, 5.41) is 3.73. The van der Waals surface area contributed by atoms with Gasteiger partial charge in [-0.25, -0.2) is 0 Å². The number of hydrogen-bond donors (Lipinski definition) is 1. The summed E-state index contributed by atoms with van der Waals surface area (Å²) in [6, 6.07) is 3.80. The van der Waals surface area contributed by atoms with Crippen LogP contribution in [0.5, 0.6) is 0 Å². The fourth-order valence-corrected chi connectivity index (χ4v) is 2.92. The summed E-state index contributed by atoms with van der Waals surface area (Å²) in [5.74, 6) is 2.05. The lowest BCUT2D eigenvalue weighted by molar-refractivity contribution is 0.266. The molecule has 0 aliphatic carbocycles. The van der Waals surface area contributed by atoms with Crippen molar-refractivity contribution in [2.75, 3.05) is 13.1 Å². The maximum absolute atomic E-state index is 5.61. The molecule has 2 atom stereocenters. The van der Waals surface area contributed by atoms with Gasteiger partial charge in [-0.3, -0.25) is 4.90 Å². The van der Waals surface area contributed by atoms with Gasteiger partial charge in [0.1, 0.15) is 11.5 Å². The molecule has 1 aromatic heterocycles. The predicted octanol–water partition coefficient (Wildman–Crippen LogP) is 3.03. The molecule has 0 spiro atoms. The molecule has 1 aromatic rings. The molecule has 1 aliphatic rings. The standard InChI is InChI=1S/C15H26N2O/c1-10(2)17-7-6-14(9-17)16-12(4)15-8-11(3)18-13(15)5/h8,10,12,14,16H,6-7,9H2,1-5H3. The average Bonchev–Trinajstić information content (AvgIpc) is 2.85. The molecular formula is C15H26N2O. The molecule has 3 heteroatoms. The molecule has 0 bridgehead atoms. The molecule has 0 amide bonds. The first kappa shape index (κ1) is 13.6. The molecule has 0 aromatic carbocycles. The fourth-order valence-electron chi connectivity index (χ4n) is 2.92. The molecule has 0 saturated carbocycles. The number of rotatable bonds is 4. The van der Waals surface area contributed by atoms with Crippen molar-refractivity contribution in [2.45, 2.75) is 59.2 Å². The Morgan fingerprint density at radius 3 is 2.56 bits per heavy atom. The van der Waals surface area contributed by atoms with Gasteiger partial charge < -0.3 is 9.73 Å². The van der Waals surface area contributed by atoms with Crippen molar-refractivity contribution in [3.63, 3.8) is 0 Å². The van der Waals surface area contributed by atoms with Gasteiger partial charge in [-0.15, -0.1) is 0 Å². The Balaban J connectivity index is 1.92. The highest BCUT2D eigenvalue weighted by atomic mass is 16.3. The first-order chi connectivity index (χ1) is 8.47. The zero-order valence-electron chi connectivity index (χ0n) is 12.3. The van der Waals surface area contributed by atoms with Crippen molar-refractivity contribution in [3.8, 4) is 0 Å². The SMILES string of the molecule is Cc1cc(C(C)NC2CCN(C(C)C)C2)c(C)o1. The predicted molar refractivity (Wildman–Crippen MR) is 74.8 cm³/mol. The van der Waals surface area contributed by atoms with E-state index in [1.807, 2.05) is 6.92 Å². The average molecular weight is 250 g/mol. The third-order valence-corrected chi connectivity index (χ3v) is 3.98. The first-order valence-corrected chi connectivity index (χ1v) is 7.04. The smallest absolute Gasteiger partial charge is 0.105 e. The molecule has 2 rings (SSSR count). The first-order valence-electron chi connectivity index (χ1n) is 7.04. The number of nitrogens with zero attached hydrogens (tertiary/aromatic N) is 1. The highest BCUT2D eigenvalue weighted by molar-refractivity contribution is 5.23. The van der Waals surface area contributed by atoms with Crippen LogP contribution in [0.3, 0.4) is 0 Å². The van der Waals surface area contributed by atoms with Crippen molar-refractivity contribution in [2.24, 2.45) is 0 Å². The van der Waals surface area contributed by atoms with Crippen LogP contribution in [0.1, 0.15) is 50.3 Å². The topological polar surface area (TPSA) is 28.4 Å². The number of aryl methyl sites for hydroxylation is 2. The summed E-state index contributed by atoms with van der Waals surface area (Å²) in [6.07, 6.45) is 1.25. The summed E-state index contributed by atoms with van der Waals surface area (Å²) >= 11 is 0. The number of nitrogens with one attached hydrogen (secondary N) is 1. The maximum Gasteiger partial charge on any atom is 0.105 e. The van der Waals surface area contributed by atoms with Gasteiger partial charge in [-0.2, -0.15) is 0 Å². The Morgan fingerprint density at radius 2 is 2.06 bits per heavy atom. The molecule has 3 nitrogen and oxygen atoms in total. The zero-order valence-corrected chi connectivity index (χ0v) is 12.3. The highest BCUT2D eigenvalue weighted by Crippen LogP contribution is 2.23. The third-order valence-electron chi connectivity index (χ3n) is 3.98. The van der Waals surface area contributed by atoms with Crippen LogP contribution in [-0.2, 0) is 0 Å². The van der Waals surface area contributed by atoms with Crippen LogP contribution in [0.25, 0.3) is 0 Å². The van der Waals surface area contributed by atoms with Gasteiger partial charge in [-0.1, -0.05) is 0 Å². The van der Waals surface area contributed by atoms with Crippen LogP contribution < -0.4 is 5.32 Å². The number of likely N-dealkylation sites (tertiary alicyclic amines) is 1. The Hall–Kier alpha value is -0.800. The summed E-state index contributed by atoms with van der Waals surface area (Å²) in [4.78, 5) is 2.54. The monoisotopic (exact) mass is 250 g/mol. The van der Waals surface area contributed by atoms with E-state index in [-0.39, 0.29) is 0 Å². The second-order valence-electron chi connectivity index (χ2n) is 5.83. The van der Waals surface area contributed by atoms with Gasteiger partial charge in [0.2, 0.25) is 0 Å². The molecular weight excluding hydrogens is 224 g/mol. The van der Waals surface area contributed by atoms with E-state index in [0.717, 1.165) is 18.1 Å². The van der Waals surface area contributed by atoms with Crippen molar-refractivity contribution in [1.82, 2.24) is 10.2 Å². The molecule has 18 heavy (non-hydrogen) atoms. The molecule has 2 heterocycles. The summed E-state index contributed by atoms with van der Waals surface area (Å²) < 4.78 is 5.61. The second kappa shape index (κ2) is 5.45. The Bertz CT molecular complexity index is 397. The quantitative estimate of drug-likeness (QED) is 0.890. The van der Waals surface area contributed by atoms with Crippen molar-refractivity contribution in [3.05, 3.63) is 23.2 Å². The lowest BCUT2D eigenvalue weighted by Gasteiger charge is -2.22. The molecule has 1 N–H and O–H groups in total. The van der Waals surface area contributed by atoms with Gasteiger partial charge in [0, 0.05) is 30.2 Å². The normalized spacial score (nSPS) is 22.9. The van der Waals surface area contributed by atoms with E-state index in [9.17, 15) is 0 Å². The molecule has 1 saturated heterocycles. The Labute approximate surface area is 111 Å². The summed E-state index contributed by atoms with van der Waals surface area (Å²) in [7, 11) is 0. The van der Waals surface area contributed by atoms with Gasteiger partial charge >= 0.3 is 0 Å². The molecule has 0 radical (unpaired) electrons. The molecule has 102 valence electrons. The Morgan fingerprint density at radius 1 is 1.33 bits per heavy atom. The molecule has 1 aliphatic heterocycles. The zero-order chi connectivity index (χ0) is 13.3. The van der Waals surface area contributed by atoms with E-state index < -0.39 is 0 Å². The van der Waals surface area contributed by atoms with E-state index in [0.29, 0.717) is 18.1 Å². The Kier molecular flexibility index (Phi) is 4.13. The van der Waals surface area contributed by atoms with Crippen LogP contribution >= 0.6 is 0 Å². The van der Waals surface area contributed by atoms with E-state index in [2.05, 4.69) is 44.0 Å². The van der Waals surface area contributed by atoms with Gasteiger partial charge in [-0.05, 0) is 53.7 Å². The van der Waals surface area contributed by atoms with Crippen LogP contribution in [0.2, 0.25) is 0 Å². The third kappa shape index (κ3) is 2.96. The summed E-state index contributed by atoms with van der Waals surface area (Å²) in [5.41, 5.74) is 1.30. The van der Waals surface area contributed by atoms with Crippen molar-refractivity contribution >= 4 is 0 Å². The van der Waals surface area contributed by atoms with E-state index in [1.165, 1.54) is 18.5 Å². The minimum absolute atomic E-state index is 0.375. The lowest BCUT2D eigenvalue weighted by atomic mass is 10.1.